The normalized spacial score (nSPS) is 15.3. The van der Waals surface area contributed by atoms with Crippen molar-refractivity contribution in [1.29, 1.82) is 0 Å². The van der Waals surface area contributed by atoms with E-state index in [1.54, 1.807) is 31.2 Å². The van der Waals surface area contributed by atoms with Gasteiger partial charge in [0.05, 0.1) is 31.2 Å². The van der Waals surface area contributed by atoms with E-state index in [0.29, 0.717) is 11.5 Å². The number of hydrogen-bond acceptors (Lipinski definition) is 8. The minimum Gasteiger partial charge on any atom is -0.493 e. The van der Waals surface area contributed by atoms with Crippen LogP contribution in [-0.4, -0.2) is 31.1 Å². The van der Waals surface area contributed by atoms with E-state index in [-0.39, 0.29) is 11.1 Å². The molecule has 0 aliphatic carbocycles. The van der Waals surface area contributed by atoms with Crippen molar-refractivity contribution in [3.05, 3.63) is 36.1 Å². The molecule has 1 aromatic rings. The van der Waals surface area contributed by atoms with Crippen LogP contribution < -0.4 is 15.0 Å². The Morgan fingerprint density at radius 3 is 2.56 bits per heavy atom. The summed E-state index contributed by atoms with van der Waals surface area (Å²) in [5.74, 6) is 0.547. The van der Waals surface area contributed by atoms with Crippen LogP contribution >= 0.6 is 18.4 Å². The van der Waals surface area contributed by atoms with Crippen LogP contribution in [-0.2, 0) is 25.9 Å². The minimum absolute atomic E-state index is 0.162. The molecule has 2 unspecified atom stereocenters. The summed E-state index contributed by atoms with van der Waals surface area (Å²) < 4.78 is 25.5. The van der Waals surface area contributed by atoms with Crippen molar-refractivity contribution in [2.75, 3.05) is 14.2 Å². The average molecular weight is 404 g/mol. The number of methoxy groups -OCH3 is 2. The van der Waals surface area contributed by atoms with Gasteiger partial charge in [0.15, 0.2) is 11.5 Å². The Balaban J connectivity index is 3.10. The summed E-state index contributed by atoms with van der Waals surface area (Å²) in [4.78, 5) is 11.4. The molecule has 2 atom stereocenters. The third-order valence-electron chi connectivity index (χ3n) is 2.53. The van der Waals surface area contributed by atoms with Crippen molar-refractivity contribution in [3.63, 3.8) is 0 Å². The third kappa shape index (κ3) is 7.92. The highest BCUT2D eigenvalue weighted by Crippen LogP contribution is 2.53. The Morgan fingerprint density at radius 2 is 2.00 bits per heavy atom. The number of benzene rings is 1. The van der Waals surface area contributed by atoms with Crippen LogP contribution in [0.2, 0.25) is 0 Å². The van der Waals surface area contributed by atoms with Gasteiger partial charge < -0.3 is 24.3 Å². The fourth-order valence-corrected chi connectivity index (χ4v) is 4.26. The standard InChI is InChI=1S/C15H21N2O5PS2/c1-11(9-15(18)20-4)21-23(24,17-10-25-12(2)16)22-14-8-6-5-7-13(14)19-3/h5-10,12H,16H2,1-4H3. The van der Waals surface area contributed by atoms with E-state index in [0.717, 1.165) is 0 Å². The first-order valence-corrected chi connectivity index (χ1v) is 10.7. The number of para-hydroxylation sites is 2. The summed E-state index contributed by atoms with van der Waals surface area (Å²) in [6.07, 6.45) is 1.17. The number of ether oxygens (including phenoxy) is 2. The highest BCUT2D eigenvalue weighted by molar-refractivity contribution is 8.14. The van der Waals surface area contributed by atoms with Crippen LogP contribution in [0.25, 0.3) is 0 Å². The van der Waals surface area contributed by atoms with Gasteiger partial charge in [0.2, 0.25) is 0 Å². The molecular formula is C15H21N2O5PS2. The Bertz CT molecular complexity index is 694. The van der Waals surface area contributed by atoms with Crippen molar-refractivity contribution in [1.82, 2.24) is 0 Å². The van der Waals surface area contributed by atoms with E-state index in [4.69, 9.17) is 31.3 Å². The van der Waals surface area contributed by atoms with Gasteiger partial charge in [-0.25, -0.2) is 4.79 Å². The highest BCUT2D eigenvalue weighted by atomic mass is 32.5. The van der Waals surface area contributed by atoms with Crippen molar-refractivity contribution >= 4 is 41.7 Å². The van der Waals surface area contributed by atoms with Crippen molar-refractivity contribution in [2.24, 2.45) is 10.5 Å². The quantitative estimate of drug-likeness (QED) is 0.127. The minimum atomic E-state index is -3.19. The summed E-state index contributed by atoms with van der Waals surface area (Å²) in [5.41, 5.74) is 7.17. The molecule has 0 aliphatic rings. The van der Waals surface area contributed by atoms with Gasteiger partial charge in [0, 0.05) is 11.8 Å². The molecule has 10 heteroatoms. The zero-order chi connectivity index (χ0) is 18.9. The van der Waals surface area contributed by atoms with Gasteiger partial charge in [0.1, 0.15) is 5.76 Å². The van der Waals surface area contributed by atoms with Gasteiger partial charge in [-0.15, -0.1) is 0 Å². The number of carbonyl (C=O) groups is 1. The van der Waals surface area contributed by atoms with Crippen LogP contribution in [0.15, 0.2) is 40.9 Å². The lowest BCUT2D eigenvalue weighted by Crippen LogP contribution is -2.08. The summed E-state index contributed by atoms with van der Waals surface area (Å²) in [7, 11) is 2.79. The second-order valence-corrected chi connectivity index (χ2v) is 8.79. The summed E-state index contributed by atoms with van der Waals surface area (Å²) in [5, 5.41) is -0.162. The fourth-order valence-electron chi connectivity index (χ4n) is 1.50. The molecule has 0 aromatic heterocycles. The molecule has 1 rings (SSSR count). The molecule has 2 N–H and O–H groups in total. The Kier molecular flexibility index (Phi) is 8.99. The van der Waals surface area contributed by atoms with E-state index in [9.17, 15) is 4.79 Å². The molecule has 0 heterocycles. The van der Waals surface area contributed by atoms with Gasteiger partial charge >= 0.3 is 12.6 Å². The number of hydrogen-bond donors (Lipinski definition) is 1. The predicted octanol–water partition coefficient (Wildman–Crippen LogP) is 3.46. The number of allylic oxidation sites excluding steroid dienone is 1. The topological polar surface area (TPSA) is 92.4 Å². The molecule has 7 nitrogen and oxygen atoms in total. The SMILES string of the molecule is COC(=O)C=C(C)OP(=S)(N=CSC(C)N)Oc1ccccc1OC. The van der Waals surface area contributed by atoms with Gasteiger partial charge in [-0.3, -0.25) is 0 Å². The smallest absolute Gasteiger partial charge is 0.414 e. The van der Waals surface area contributed by atoms with Crippen LogP contribution in [0.3, 0.4) is 0 Å². The molecule has 0 amide bonds. The first-order chi connectivity index (χ1) is 11.8. The van der Waals surface area contributed by atoms with Crippen molar-refractivity contribution < 1.29 is 23.3 Å². The number of nitrogens with zero attached hydrogens (tertiary/aromatic N) is 1. The van der Waals surface area contributed by atoms with Crippen molar-refractivity contribution in [3.8, 4) is 11.5 Å². The van der Waals surface area contributed by atoms with Gasteiger partial charge in [0.25, 0.3) is 0 Å². The van der Waals surface area contributed by atoms with E-state index < -0.39 is 12.6 Å². The second-order valence-electron chi connectivity index (χ2n) is 4.64. The molecule has 0 saturated carbocycles. The molecular weight excluding hydrogens is 383 g/mol. The first-order valence-electron chi connectivity index (χ1n) is 7.13. The number of rotatable bonds is 9. The number of nitrogens with two attached hydrogens (primary N) is 1. The molecule has 0 radical (unpaired) electrons. The Morgan fingerprint density at radius 1 is 1.36 bits per heavy atom. The van der Waals surface area contributed by atoms with Gasteiger partial charge in [-0.1, -0.05) is 23.9 Å². The summed E-state index contributed by atoms with van der Waals surface area (Å²) in [6.45, 7) is 0.187. The Labute approximate surface area is 156 Å². The molecule has 0 spiro atoms. The summed E-state index contributed by atoms with van der Waals surface area (Å²) >= 11 is 6.74. The maximum absolute atomic E-state index is 11.4. The molecule has 138 valence electrons. The van der Waals surface area contributed by atoms with E-state index in [1.165, 1.54) is 37.6 Å². The molecule has 0 aliphatic heterocycles. The predicted molar refractivity (Wildman–Crippen MR) is 104 cm³/mol. The lowest BCUT2D eigenvalue weighted by Gasteiger charge is -2.20. The second kappa shape index (κ2) is 10.5. The van der Waals surface area contributed by atoms with Crippen LogP contribution in [0.1, 0.15) is 13.8 Å². The highest BCUT2D eigenvalue weighted by Gasteiger charge is 2.23. The zero-order valence-corrected chi connectivity index (χ0v) is 16.9. The first kappa shape index (κ1) is 21.5. The molecule has 0 bridgehead atoms. The number of carbonyl (C=O) groups excluding carboxylic acids is 1. The number of esters is 1. The lowest BCUT2D eigenvalue weighted by molar-refractivity contribution is -0.135. The average Bonchev–Trinajstić information content (AvgIpc) is 2.54. The van der Waals surface area contributed by atoms with E-state index >= 15 is 0 Å². The van der Waals surface area contributed by atoms with Crippen LogP contribution in [0.4, 0.5) is 0 Å². The van der Waals surface area contributed by atoms with Crippen molar-refractivity contribution in [2.45, 2.75) is 19.2 Å². The maximum Gasteiger partial charge on any atom is 0.414 e. The summed E-state index contributed by atoms with van der Waals surface area (Å²) in [6, 6.07) is 6.99. The molecule has 0 fully saturated rings. The zero-order valence-electron chi connectivity index (χ0n) is 14.4. The molecule has 1 aromatic carbocycles. The van der Waals surface area contributed by atoms with E-state index in [1.807, 2.05) is 6.92 Å². The maximum atomic E-state index is 11.4. The fraction of sp³-hybridized carbons (Fsp3) is 0.333. The molecule has 25 heavy (non-hydrogen) atoms. The van der Waals surface area contributed by atoms with Crippen LogP contribution in [0, 0.1) is 0 Å². The molecule has 0 saturated heterocycles. The lowest BCUT2D eigenvalue weighted by atomic mass is 10.3. The van der Waals surface area contributed by atoms with Gasteiger partial charge in [-0.05, 0) is 26.0 Å². The Hall–Kier alpha value is -1.54. The van der Waals surface area contributed by atoms with E-state index in [2.05, 4.69) is 9.50 Å². The largest absolute Gasteiger partial charge is 0.493 e. The third-order valence-corrected chi connectivity index (χ3v) is 5.42. The number of thioether (sulfide) groups is 1. The van der Waals surface area contributed by atoms with Gasteiger partial charge in [-0.2, -0.15) is 4.76 Å². The monoisotopic (exact) mass is 404 g/mol. The van der Waals surface area contributed by atoms with Crippen LogP contribution in [0.5, 0.6) is 11.5 Å².